The highest BCUT2D eigenvalue weighted by molar-refractivity contribution is 6.29. The molecule has 3 nitrogen and oxygen atoms in total. The van der Waals surface area contributed by atoms with E-state index in [0.717, 1.165) is 16.7 Å². The van der Waals surface area contributed by atoms with Crippen molar-refractivity contribution in [2.75, 3.05) is 0 Å². The highest BCUT2D eigenvalue weighted by Crippen LogP contribution is 2.63. The zero-order valence-electron chi connectivity index (χ0n) is 33.0. The lowest BCUT2D eigenvalue weighted by Gasteiger charge is -2.30. The summed E-state index contributed by atoms with van der Waals surface area (Å²) >= 11 is 0. The van der Waals surface area contributed by atoms with Gasteiger partial charge in [0.15, 0.2) is 17.5 Å². The average molecular weight is 774 g/mol. The summed E-state index contributed by atoms with van der Waals surface area (Å²) in [7, 11) is 0. The van der Waals surface area contributed by atoms with Crippen molar-refractivity contribution in [3.63, 3.8) is 0 Å². The summed E-state index contributed by atoms with van der Waals surface area (Å²) in [5, 5.41) is 7.27. The van der Waals surface area contributed by atoms with Crippen LogP contribution < -0.4 is 0 Å². The van der Waals surface area contributed by atoms with Gasteiger partial charge >= 0.3 is 0 Å². The van der Waals surface area contributed by atoms with Gasteiger partial charge < -0.3 is 0 Å². The molecule has 0 saturated heterocycles. The van der Waals surface area contributed by atoms with Crippen molar-refractivity contribution in [3.05, 3.63) is 235 Å². The maximum Gasteiger partial charge on any atom is 0.164 e. The number of fused-ring (bicyclic) bond motifs is 16. The monoisotopic (exact) mass is 773 g/mol. The largest absolute Gasteiger partial charge is 0.208 e. The summed E-state index contributed by atoms with van der Waals surface area (Å²) < 4.78 is 0. The molecule has 0 amide bonds. The van der Waals surface area contributed by atoms with Crippen LogP contribution in [0.3, 0.4) is 0 Å². The van der Waals surface area contributed by atoms with E-state index in [1.54, 1.807) is 0 Å². The highest BCUT2D eigenvalue weighted by Gasteiger charge is 2.51. The Hall–Kier alpha value is -8.01. The standard InChI is InChI=1S/C58H35N3/c1-3-16-36(17-4-1)55-59-56(37-18-5-2-6-19-37)61-57(60-55)39-30-32-43-41-20-7-8-21-42(41)47-26-15-25-40(54(47)49(43)35-39)38-31-33-53-48(34-38)46-24-11-14-29-52(46)58(53)50-27-12-9-22-44(50)45-23-10-13-28-51(45)58/h1-35H. The molecule has 10 aromatic carbocycles. The molecule has 2 aliphatic carbocycles. The van der Waals surface area contributed by atoms with E-state index in [9.17, 15) is 0 Å². The molecule has 0 bridgehead atoms. The van der Waals surface area contributed by atoms with Crippen LogP contribution in [0.5, 0.6) is 0 Å². The molecule has 61 heavy (non-hydrogen) atoms. The van der Waals surface area contributed by atoms with E-state index in [1.807, 2.05) is 36.4 Å². The third-order valence-corrected chi connectivity index (χ3v) is 13.1. The van der Waals surface area contributed by atoms with Gasteiger partial charge in [-0.1, -0.05) is 200 Å². The number of rotatable bonds is 4. The number of nitrogens with zero attached hydrogens (tertiary/aromatic N) is 3. The first-order valence-corrected chi connectivity index (χ1v) is 20.9. The normalized spacial score (nSPS) is 13.0. The predicted octanol–water partition coefficient (Wildman–Crippen LogP) is 14.3. The third kappa shape index (κ3) is 4.83. The number of hydrogen-bond donors (Lipinski definition) is 0. The molecule has 1 aromatic heterocycles. The van der Waals surface area contributed by atoms with Gasteiger partial charge in [-0.25, -0.2) is 15.0 Å². The molecule has 1 heterocycles. The summed E-state index contributed by atoms with van der Waals surface area (Å²) in [6.07, 6.45) is 0. The van der Waals surface area contributed by atoms with E-state index in [-0.39, 0.29) is 5.41 Å². The minimum Gasteiger partial charge on any atom is -0.208 e. The topological polar surface area (TPSA) is 38.7 Å². The summed E-state index contributed by atoms with van der Waals surface area (Å²) in [5.41, 5.74) is 15.5. The van der Waals surface area contributed by atoms with E-state index in [1.165, 1.54) is 88.0 Å². The first-order chi connectivity index (χ1) is 30.3. The average Bonchev–Trinajstić information content (AvgIpc) is 3.81. The van der Waals surface area contributed by atoms with Gasteiger partial charge in [0.25, 0.3) is 0 Å². The van der Waals surface area contributed by atoms with Gasteiger partial charge in [0.2, 0.25) is 0 Å². The van der Waals surface area contributed by atoms with Gasteiger partial charge in [0.05, 0.1) is 5.41 Å². The van der Waals surface area contributed by atoms with E-state index in [4.69, 9.17) is 15.0 Å². The van der Waals surface area contributed by atoms with E-state index in [0.29, 0.717) is 17.5 Å². The Balaban J connectivity index is 1.06. The molecule has 1 spiro atoms. The lowest BCUT2D eigenvalue weighted by molar-refractivity contribution is 0.794. The maximum absolute atomic E-state index is 5.13. The summed E-state index contributed by atoms with van der Waals surface area (Å²) in [4.78, 5) is 15.2. The zero-order valence-corrected chi connectivity index (χ0v) is 33.0. The number of hydrogen-bond acceptors (Lipinski definition) is 3. The Labute approximate surface area is 353 Å². The van der Waals surface area contributed by atoms with Crippen LogP contribution in [-0.2, 0) is 5.41 Å². The van der Waals surface area contributed by atoms with Gasteiger partial charge in [0.1, 0.15) is 0 Å². The molecule has 0 N–H and O–H groups in total. The first-order valence-electron chi connectivity index (χ1n) is 20.9. The minimum absolute atomic E-state index is 0.379. The van der Waals surface area contributed by atoms with Crippen molar-refractivity contribution in [2.24, 2.45) is 0 Å². The van der Waals surface area contributed by atoms with Gasteiger partial charge in [-0.05, 0) is 100 Å². The van der Waals surface area contributed by atoms with Gasteiger partial charge in [-0.2, -0.15) is 0 Å². The van der Waals surface area contributed by atoms with E-state index < -0.39 is 0 Å². The summed E-state index contributed by atoms with van der Waals surface area (Å²) in [5.74, 6) is 1.94. The van der Waals surface area contributed by atoms with Crippen molar-refractivity contribution >= 4 is 32.3 Å². The maximum atomic E-state index is 5.13. The summed E-state index contributed by atoms with van der Waals surface area (Å²) in [6.45, 7) is 0. The van der Waals surface area contributed by atoms with Crippen molar-refractivity contribution in [2.45, 2.75) is 5.41 Å². The Bertz CT molecular complexity index is 3490. The SMILES string of the molecule is c1ccc(-c2nc(-c3ccccc3)nc(-c3ccc4c5ccccc5c5cccc(-c6ccc7c(c6)-c6ccccc6C76c7ccccc7-c7ccccc76)c5c4c3)n2)cc1. The van der Waals surface area contributed by atoms with Crippen LogP contribution in [0.4, 0.5) is 0 Å². The lowest BCUT2D eigenvalue weighted by atomic mass is 9.70. The Morgan fingerprint density at radius 3 is 1.28 bits per heavy atom. The Morgan fingerprint density at radius 1 is 0.246 bits per heavy atom. The lowest BCUT2D eigenvalue weighted by Crippen LogP contribution is -2.25. The Kier molecular flexibility index (Phi) is 7.22. The molecule has 282 valence electrons. The molecule has 11 aromatic rings. The fourth-order valence-electron chi connectivity index (χ4n) is 10.6. The fourth-order valence-corrected chi connectivity index (χ4v) is 10.6. The molecule has 0 unspecified atom stereocenters. The molecule has 0 fully saturated rings. The predicted molar refractivity (Wildman–Crippen MR) is 250 cm³/mol. The molecule has 0 atom stereocenters. The van der Waals surface area contributed by atoms with E-state index in [2.05, 4.69) is 176 Å². The van der Waals surface area contributed by atoms with Crippen LogP contribution in [0.1, 0.15) is 22.3 Å². The van der Waals surface area contributed by atoms with Crippen LogP contribution in [-0.4, -0.2) is 15.0 Å². The first kappa shape index (κ1) is 33.9. The second-order valence-electron chi connectivity index (χ2n) is 16.2. The molecule has 0 aliphatic heterocycles. The Morgan fingerprint density at radius 2 is 0.672 bits per heavy atom. The molecule has 0 saturated carbocycles. The molecule has 2 aliphatic rings. The number of benzene rings is 10. The smallest absolute Gasteiger partial charge is 0.164 e. The van der Waals surface area contributed by atoms with Crippen LogP contribution in [0.2, 0.25) is 0 Å². The molecule has 3 heteroatoms. The second-order valence-corrected chi connectivity index (χ2v) is 16.2. The van der Waals surface area contributed by atoms with Crippen LogP contribution in [0, 0.1) is 0 Å². The molecule has 0 radical (unpaired) electrons. The van der Waals surface area contributed by atoms with Crippen molar-refractivity contribution in [1.29, 1.82) is 0 Å². The molecular weight excluding hydrogens is 739 g/mol. The fraction of sp³-hybridized carbons (Fsp3) is 0.0172. The van der Waals surface area contributed by atoms with Gasteiger partial charge in [0, 0.05) is 16.7 Å². The van der Waals surface area contributed by atoms with Crippen LogP contribution in [0.15, 0.2) is 212 Å². The third-order valence-electron chi connectivity index (χ3n) is 13.1. The highest BCUT2D eigenvalue weighted by atomic mass is 15.0. The summed E-state index contributed by atoms with van der Waals surface area (Å²) in [6, 6.07) is 77.0. The number of aromatic nitrogens is 3. The quantitative estimate of drug-likeness (QED) is 0.167. The van der Waals surface area contributed by atoms with Crippen molar-refractivity contribution in [1.82, 2.24) is 15.0 Å². The molecule has 13 rings (SSSR count). The van der Waals surface area contributed by atoms with Gasteiger partial charge in [-0.15, -0.1) is 0 Å². The zero-order chi connectivity index (χ0) is 40.1. The van der Waals surface area contributed by atoms with Crippen LogP contribution in [0.25, 0.3) is 99.9 Å². The van der Waals surface area contributed by atoms with Crippen molar-refractivity contribution < 1.29 is 0 Å². The van der Waals surface area contributed by atoms with Crippen molar-refractivity contribution in [3.8, 4) is 67.5 Å². The minimum atomic E-state index is -0.379. The van der Waals surface area contributed by atoms with Gasteiger partial charge in [-0.3, -0.25) is 0 Å². The van der Waals surface area contributed by atoms with Crippen LogP contribution >= 0.6 is 0 Å². The van der Waals surface area contributed by atoms with E-state index >= 15 is 0 Å². The molecular formula is C58H35N3. The second kappa shape index (κ2) is 13.0.